The molecule has 0 amide bonds. The van der Waals surface area contributed by atoms with Crippen molar-refractivity contribution < 1.29 is 13.2 Å². The molecule has 0 aliphatic rings. The molecule has 0 bridgehead atoms. The molecule has 2 heterocycles. The number of hydrogen-bond donors (Lipinski definition) is 0. The van der Waals surface area contributed by atoms with Crippen molar-refractivity contribution in [1.82, 2.24) is 4.90 Å². The lowest BCUT2D eigenvalue weighted by Gasteiger charge is -2.19. The smallest absolute Gasteiger partial charge is 0.123 e. The van der Waals surface area contributed by atoms with E-state index in [4.69, 9.17) is 8.83 Å². The first-order valence-electron chi connectivity index (χ1n) is 7.45. The number of benzene rings is 1. The van der Waals surface area contributed by atoms with Crippen LogP contribution in [0.3, 0.4) is 0 Å². The Balaban J connectivity index is 1.55. The lowest BCUT2D eigenvalue weighted by molar-refractivity contribution is 0.230. The van der Waals surface area contributed by atoms with E-state index in [-0.39, 0.29) is 5.82 Å². The monoisotopic (exact) mass is 331 g/mol. The van der Waals surface area contributed by atoms with Crippen molar-refractivity contribution in [2.24, 2.45) is 0 Å². The van der Waals surface area contributed by atoms with E-state index in [1.54, 1.807) is 24.3 Å². The van der Waals surface area contributed by atoms with E-state index in [2.05, 4.69) is 4.90 Å². The number of nitrogens with zero attached hydrogens (tertiary/aromatic N) is 1. The summed E-state index contributed by atoms with van der Waals surface area (Å²) in [6.07, 6.45) is 3.38. The van der Waals surface area contributed by atoms with Crippen LogP contribution in [0.15, 0.2) is 74.8 Å². The molecule has 23 heavy (non-hydrogen) atoms. The van der Waals surface area contributed by atoms with Crippen LogP contribution in [0, 0.1) is 5.82 Å². The Labute approximate surface area is 139 Å². The molecular weight excluding hydrogens is 313 g/mol. The van der Waals surface area contributed by atoms with Gasteiger partial charge in [-0.05, 0) is 48.5 Å². The van der Waals surface area contributed by atoms with Crippen LogP contribution in [-0.4, -0.2) is 17.2 Å². The van der Waals surface area contributed by atoms with E-state index < -0.39 is 0 Å². The molecule has 1 aromatic carbocycles. The molecule has 0 spiro atoms. The molecule has 120 valence electrons. The van der Waals surface area contributed by atoms with Gasteiger partial charge in [0.2, 0.25) is 0 Å². The molecule has 0 aliphatic carbocycles. The Morgan fingerprint density at radius 2 is 1.48 bits per heavy atom. The molecule has 0 aliphatic heterocycles. The minimum atomic E-state index is -0.202. The number of furan rings is 2. The quantitative estimate of drug-likeness (QED) is 0.554. The summed E-state index contributed by atoms with van der Waals surface area (Å²) in [5.74, 6) is 2.57. The molecular formula is C18H18FNO2S. The summed E-state index contributed by atoms with van der Waals surface area (Å²) in [5, 5.41) is 0. The zero-order valence-electron chi connectivity index (χ0n) is 12.7. The largest absolute Gasteiger partial charge is 0.468 e. The van der Waals surface area contributed by atoms with Gasteiger partial charge in [-0.2, -0.15) is 0 Å². The van der Waals surface area contributed by atoms with Gasteiger partial charge in [-0.3, -0.25) is 4.90 Å². The molecule has 3 rings (SSSR count). The fourth-order valence-corrected chi connectivity index (χ4v) is 3.20. The Morgan fingerprint density at radius 3 is 2.00 bits per heavy atom. The maximum Gasteiger partial charge on any atom is 0.123 e. The highest BCUT2D eigenvalue weighted by Crippen LogP contribution is 2.19. The Bertz CT molecular complexity index is 644. The first kappa shape index (κ1) is 15.9. The predicted molar refractivity (Wildman–Crippen MR) is 88.7 cm³/mol. The Kier molecular flexibility index (Phi) is 5.56. The van der Waals surface area contributed by atoms with E-state index in [1.807, 2.05) is 36.4 Å². The molecule has 3 nitrogen and oxygen atoms in total. The maximum absolute atomic E-state index is 12.9. The lowest BCUT2D eigenvalue weighted by atomic mass is 10.3. The van der Waals surface area contributed by atoms with Gasteiger partial charge in [0, 0.05) is 17.2 Å². The number of rotatable bonds is 8. The molecule has 3 aromatic rings. The first-order valence-corrected chi connectivity index (χ1v) is 8.43. The zero-order valence-corrected chi connectivity index (χ0v) is 13.5. The van der Waals surface area contributed by atoms with Gasteiger partial charge in [-0.15, -0.1) is 11.8 Å². The summed E-state index contributed by atoms with van der Waals surface area (Å²) in [6.45, 7) is 2.35. The van der Waals surface area contributed by atoms with Crippen LogP contribution < -0.4 is 0 Å². The second kappa shape index (κ2) is 8.04. The van der Waals surface area contributed by atoms with Crippen LogP contribution in [0.4, 0.5) is 4.39 Å². The highest BCUT2D eigenvalue weighted by Gasteiger charge is 2.10. The third kappa shape index (κ3) is 5.01. The van der Waals surface area contributed by atoms with Crippen LogP contribution in [0.25, 0.3) is 0 Å². The van der Waals surface area contributed by atoms with E-state index >= 15 is 0 Å². The third-order valence-corrected chi connectivity index (χ3v) is 4.40. The van der Waals surface area contributed by atoms with Crippen LogP contribution >= 0.6 is 11.8 Å². The maximum atomic E-state index is 12.9. The minimum Gasteiger partial charge on any atom is -0.468 e. The van der Waals surface area contributed by atoms with Crippen molar-refractivity contribution in [3.8, 4) is 0 Å². The normalized spacial score (nSPS) is 11.2. The van der Waals surface area contributed by atoms with Gasteiger partial charge in [0.25, 0.3) is 0 Å². The van der Waals surface area contributed by atoms with Gasteiger partial charge in [0.15, 0.2) is 0 Å². The highest BCUT2D eigenvalue weighted by atomic mass is 32.2. The predicted octanol–water partition coefficient (Wildman–Crippen LogP) is 4.81. The number of hydrogen-bond acceptors (Lipinski definition) is 4. The Hall–Kier alpha value is -1.98. The van der Waals surface area contributed by atoms with Crippen LogP contribution in [0.2, 0.25) is 0 Å². The topological polar surface area (TPSA) is 29.5 Å². The average Bonchev–Trinajstić information content (AvgIpc) is 3.23. The van der Waals surface area contributed by atoms with Gasteiger partial charge >= 0.3 is 0 Å². The summed E-state index contributed by atoms with van der Waals surface area (Å²) < 4.78 is 23.8. The second-order valence-electron chi connectivity index (χ2n) is 5.17. The molecule has 0 N–H and O–H groups in total. The van der Waals surface area contributed by atoms with Crippen molar-refractivity contribution in [3.05, 3.63) is 78.4 Å². The van der Waals surface area contributed by atoms with Crippen LogP contribution in [0.5, 0.6) is 0 Å². The van der Waals surface area contributed by atoms with Crippen molar-refractivity contribution in [3.63, 3.8) is 0 Å². The summed E-state index contributed by atoms with van der Waals surface area (Å²) in [4.78, 5) is 3.34. The minimum absolute atomic E-state index is 0.202. The van der Waals surface area contributed by atoms with Gasteiger partial charge < -0.3 is 8.83 Å². The number of thioether (sulfide) groups is 1. The van der Waals surface area contributed by atoms with E-state index in [9.17, 15) is 4.39 Å². The fraction of sp³-hybridized carbons (Fsp3) is 0.222. The van der Waals surface area contributed by atoms with Crippen molar-refractivity contribution >= 4 is 11.8 Å². The summed E-state index contributed by atoms with van der Waals surface area (Å²) in [5.41, 5.74) is 0. The zero-order chi connectivity index (χ0) is 15.9. The van der Waals surface area contributed by atoms with Gasteiger partial charge in [0.1, 0.15) is 17.3 Å². The van der Waals surface area contributed by atoms with Gasteiger partial charge in [-0.25, -0.2) is 4.39 Å². The third-order valence-electron chi connectivity index (χ3n) is 3.41. The van der Waals surface area contributed by atoms with Crippen molar-refractivity contribution in [2.45, 2.75) is 18.0 Å². The number of halogens is 1. The summed E-state index contributed by atoms with van der Waals surface area (Å²) in [6, 6.07) is 14.3. The lowest BCUT2D eigenvalue weighted by Crippen LogP contribution is -2.25. The molecule has 5 heteroatoms. The summed E-state index contributed by atoms with van der Waals surface area (Å²) >= 11 is 1.71. The second-order valence-corrected chi connectivity index (χ2v) is 6.34. The van der Waals surface area contributed by atoms with Crippen LogP contribution in [-0.2, 0) is 13.1 Å². The molecule has 0 fully saturated rings. The molecule has 0 saturated heterocycles. The fourth-order valence-electron chi connectivity index (χ4n) is 2.28. The first-order chi connectivity index (χ1) is 11.3. The molecule has 0 unspecified atom stereocenters. The highest BCUT2D eigenvalue weighted by molar-refractivity contribution is 7.99. The van der Waals surface area contributed by atoms with Gasteiger partial charge in [0.05, 0.1) is 25.6 Å². The van der Waals surface area contributed by atoms with Crippen LogP contribution in [0.1, 0.15) is 11.5 Å². The van der Waals surface area contributed by atoms with E-state index in [0.717, 1.165) is 41.8 Å². The standard InChI is InChI=1S/C18H18FNO2S/c19-15-5-7-18(8-6-15)23-12-9-20(13-16-3-1-10-21-16)14-17-4-2-11-22-17/h1-8,10-11H,9,12-14H2. The molecule has 2 aromatic heterocycles. The molecule has 0 atom stereocenters. The van der Waals surface area contributed by atoms with Crippen molar-refractivity contribution in [2.75, 3.05) is 12.3 Å². The SMILES string of the molecule is Fc1ccc(SCCN(Cc2ccco2)Cc2ccco2)cc1. The Morgan fingerprint density at radius 1 is 0.870 bits per heavy atom. The van der Waals surface area contributed by atoms with Gasteiger partial charge in [-0.1, -0.05) is 0 Å². The molecule has 0 saturated carbocycles. The van der Waals surface area contributed by atoms with E-state index in [1.165, 1.54) is 12.1 Å². The average molecular weight is 331 g/mol. The van der Waals surface area contributed by atoms with E-state index in [0.29, 0.717) is 0 Å². The molecule has 0 radical (unpaired) electrons. The summed E-state index contributed by atoms with van der Waals surface area (Å²) in [7, 11) is 0. The van der Waals surface area contributed by atoms with Crippen molar-refractivity contribution in [1.29, 1.82) is 0 Å².